The van der Waals surface area contributed by atoms with Crippen molar-refractivity contribution >= 4 is 15.9 Å². The molecule has 0 aromatic heterocycles. The summed E-state index contributed by atoms with van der Waals surface area (Å²) < 4.78 is 20.1. The molecule has 1 N–H and O–H groups in total. The number of rotatable bonds is 5. The van der Waals surface area contributed by atoms with E-state index < -0.39 is 0 Å². The lowest BCUT2D eigenvalue weighted by Gasteiger charge is -2.23. The van der Waals surface area contributed by atoms with Gasteiger partial charge < -0.3 is 10.1 Å². The summed E-state index contributed by atoms with van der Waals surface area (Å²) in [6, 6.07) is 10.6. The highest BCUT2D eigenvalue weighted by atomic mass is 79.9. The van der Waals surface area contributed by atoms with Crippen molar-refractivity contribution in [1.29, 1.82) is 0 Å². The molecule has 0 saturated heterocycles. The lowest BCUT2D eigenvalue weighted by Crippen LogP contribution is -2.23. The van der Waals surface area contributed by atoms with Gasteiger partial charge in [0.25, 0.3) is 0 Å². The molecule has 1 unspecified atom stereocenters. The summed E-state index contributed by atoms with van der Waals surface area (Å²) >= 11 is 3.59. The van der Waals surface area contributed by atoms with Crippen molar-refractivity contribution in [2.45, 2.75) is 19.9 Å². The third-order valence-electron chi connectivity index (χ3n) is 3.37. The monoisotopic (exact) mass is 351 g/mol. The summed E-state index contributed by atoms with van der Waals surface area (Å²) in [5.41, 5.74) is 3.03. The summed E-state index contributed by atoms with van der Waals surface area (Å²) in [6.07, 6.45) is 0. The Morgan fingerprint density at radius 1 is 1.19 bits per heavy atom. The van der Waals surface area contributed by atoms with E-state index in [9.17, 15) is 4.39 Å². The Morgan fingerprint density at radius 2 is 1.95 bits per heavy atom. The van der Waals surface area contributed by atoms with Crippen molar-refractivity contribution in [3.63, 3.8) is 0 Å². The molecule has 0 aliphatic carbocycles. The van der Waals surface area contributed by atoms with Crippen molar-refractivity contribution in [3.8, 4) is 5.75 Å². The van der Waals surface area contributed by atoms with Gasteiger partial charge >= 0.3 is 0 Å². The first-order valence-corrected chi connectivity index (χ1v) is 7.69. The fourth-order valence-electron chi connectivity index (χ4n) is 2.41. The molecular weight excluding hydrogens is 333 g/mol. The highest BCUT2D eigenvalue weighted by Gasteiger charge is 2.20. The molecular formula is C17H19BrFNO. The van der Waals surface area contributed by atoms with E-state index >= 15 is 0 Å². The van der Waals surface area contributed by atoms with Crippen LogP contribution in [-0.2, 0) is 0 Å². The first kappa shape index (κ1) is 16.0. The van der Waals surface area contributed by atoms with Gasteiger partial charge in [0.1, 0.15) is 11.6 Å². The van der Waals surface area contributed by atoms with Crippen LogP contribution >= 0.6 is 15.9 Å². The van der Waals surface area contributed by atoms with Crippen LogP contribution in [0.15, 0.2) is 40.9 Å². The molecule has 2 nitrogen and oxygen atoms in total. The van der Waals surface area contributed by atoms with Gasteiger partial charge in [-0.15, -0.1) is 0 Å². The second kappa shape index (κ2) is 7.05. The second-order valence-corrected chi connectivity index (χ2v) is 5.76. The number of hydrogen-bond donors (Lipinski definition) is 1. The zero-order chi connectivity index (χ0) is 15.4. The van der Waals surface area contributed by atoms with E-state index in [-0.39, 0.29) is 11.9 Å². The standard InChI is InChI=1S/C17H19BrFNO/c1-4-20-17(13-9-11(2)5-7-15(13)18)14-10-12(19)6-8-16(14)21-3/h5-10,17,20H,4H2,1-3H3. The van der Waals surface area contributed by atoms with Gasteiger partial charge in [0.2, 0.25) is 0 Å². The molecule has 1 atom stereocenters. The minimum atomic E-state index is -0.266. The first-order valence-electron chi connectivity index (χ1n) is 6.89. The van der Waals surface area contributed by atoms with E-state index in [1.165, 1.54) is 12.1 Å². The zero-order valence-electron chi connectivity index (χ0n) is 12.4. The highest BCUT2D eigenvalue weighted by Crippen LogP contribution is 2.34. The fourth-order valence-corrected chi connectivity index (χ4v) is 2.88. The molecule has 0 aliphatic heterocycles. The third-order valence-corrected chi connectivity index (χ3v) is 4.10. The third kappa shape index (κ3) is 3.63. The van der Waals surface area contributed by atoms with Gasteiger partial charge in [-0.3, -0.25) is 0 Å². The van der Waals surface area contributed by atoms with Gasteiger partial charge in [0.15, 0.2) is 0 Å². The van der Waals surface area contributed by atoms with Crippen LogP contribution in [0.1, 0.15) is 29.7 Å². The van der Waals surface area contributed by atoms with Crippen molar-refractivity contribution in [3.05, 3.63) is 63.4 Å². The maximum atomic E-state index is 13.7. The molecule has 112 valence electrons. The van der Waals surface area contributed by atoms with E-state index in [4.69, 9.17) is 4.74 Å². The van der Waals surface area contributed by atoms with Gasteiger partial charge in [-0.25, -0.2) is 4.39 Å². The SMILES string of the molecule is CCNC(c1cc(C)ccc1Br)c1cc(F)ccc1OC. The quantitative estimate of drug-likeness (QED) is 0.849. The van der Waals surface area contributed by atoms with E-state index in [1.807, 2.05) is 26.0 Å². The van der Waals surface area contributed by atoms with Gasteiger partial charge in [-0.05, 0) is 43.3 Å². The largest absolute Gasteiger partial charge is 0.496 e. The average Bonchev–Trinajstić information content (AvgIpc) is 2.47. The molecule has 2 rings (SSSR count). The number of halogens is 2. The normalized spacial score (nSPS) is 12.2. The van der Waals surface area contributed by atoms with E-state index in [2.05, 4.69) is 27.3 Å². The van der Waals surface area contributed by atoms with Crippen molar-refractivity contribution < 1.29 is 9.13 Å². The lowest BCUT2D eigenvalue weighted by atomic mass is 9.96. The van der Waals surface area contributed by atoms with E-state index in [0.717, 1.165) is 27.7 Å². The number of nitrogens with one attached hydrogen (secondary N) is 1. The van der Waals surface area contributed by atoms with Crippen LogP contribution in [-0.4, -0.2) is 13.7 Å². The molecule has 0 heterocycles. The maximum Gasteiger partial charge on any atom is 0.124 e. The topological polar surface area (TPSA) is 21.3 Å². The number of methoxy groups -OCH3 is 1. The van der Waals surface area contributed by atoms with Crippen LogP contribution < -0.4 is 10.1 Å². The van der Waals surface area contributed by atoms with Gasteiger partial charge in [0, 0.05) is 10.0 Å². The Hall–Kier alpha value is -1.39. The van der Waals surface area contributed by atoms with E-state index in [1.54, 1.807) is 13.2 Å². The fraction of sp³-hybridized carbons (Fsp3) is 0.294. The van der Waals surface area contributed by atoms with Gasteiger partial charge in [-0.1, -0.05) is 40.5 Å². The van der Waals surface area contributed by atoms with Crippen LogP contribution in [0, 0.1) is 12.7 Å². The molecule has 0 spiro atoms. The Labute approximate surface area is 133 Å². The molecule has 0 saturated carbocycles. The molecule has 0 fully saturated rings. The van der Waals surface area contributed by atoms with Crippen LogP contribution in [0.25, 0.3) is 0 Å². The average molecular weight is 352 g/mol. The highest BCUT2D eigenvalue weighted by molar-refractivity contribution is 9.10. The predicted octanol–water partition coefficient (Wildman–Crippen LogP) is 4.60. The summed E-state index contributed by atoms with van der Waals surface area (Å²) in [4.78, 5) is 0. The number of ether oxygens (including phenoxy) is 1. The molecule has 0 bridgehead atoms. The Bertz CT molecular complexity index is 630. The van der Waals surface area contributed by atoms with Crippen molar-refractivity contribution in [2.75, 3.05) is 13.7 Å². The summed E-state index contributed by atoms with van der Waals surface area (Å²) in [5, 5.41) is 3.41. The Balaban J connectivity index is 2.58. The minimum Gasteiger partial charge on any atom is -0.496 e. The second-order valence-electron chi connectivity index (χ2n) is 4.90. The van der Waals surface area contributed by atoms with Gasteiger partial charge in [0.05, 0.1) is 13.2 Å². The predicted molar refractivity (Wildman–Crippen MR) is 87.4 cm³/mol. The maximum absolute atomic E-state index is 13.7. The molecule has 2 aromatic rings. The minimum absolute atomic E-state index is 0.130. The Morgan fingerprint density at radius 3 is 2.62 bits per heavy atom. The van der Waals surface area contributed by atoms with Crippen LogP contribution in [0.4, 0.5) is 4.39 Å². The molecule has 0 aliphatic rings. The first-order chi connectivity index (χ1) is 10.1. The van der Waals surface area contributed by atoms with Crippen LogP contribution in [0.5, 0.6) is 5.75 Å². The van der Waals surface area contributed by atoms with Crippen molar-refractivity contribution in [2.24, 2.45) is 0 Å². The molecule has 21 heavy (non-hydrogen) atoms. The van der Waals surface area contributed by atoms with Crippen LogP contribution in [0.3, 0.4) is 0 Å². The molecule has 0 radical (unpaired) electrons. The lowest BCUT2D eigenvalue weighted by molar-refractivity contribution is 0.402. The summed E-state index contributed by atoms with van der Waals surface area (Å²) in [7, 11) is 1.60. The Kier molecular flexibility index (Phi) is 5.37. The summed E-state index contributed by atoms with van der Waals surface area (Å²) in [5.74, 6) is 0.410. The molecule has 4 heteroatoms. The zero-order valence-corrected chi connectivity index (χ0v) is 14.0. The number of aryl methyl sites for hydroxylation is 1. The number of hydrogen-bond acceptors (Lipinski definition) is 2. The van der Waals surface area contributed by atoms with Gasteiger partial charge in [-0.2, -0.15) is 0 Å². The molecule has 0 amide bonds. The van der Waals surface area contributed by atoms with E-state index in [0.29, 0.717) is 5.75 Å². The molecule has 2 aromatic carbocycles. The van der Waals surface area contributed by atoms with Crippen molar-refractivity contribution in [1.82, 2.24) is 5.32 Å². The summed E-state index contributed by atoms with van der Waals surface area (Å²) in [6.45, 7) is 4.84. The number of benzene rings is 2. The smallest absolute Gasteiger partial charge is 0.124 e. The van der Waals surface area contributed by atoms with Crippen LogP contribution in [0.2, 0.25) is 0 Å².